The smallest absolute Gasteiger partial charge is 0.273 e. The second kappa shape index (κ2) is 6.50. The fourth-order valence-corrected chi connectivity index (χ4v) is 2.33. The van der Waals surface area contributed by atoms with Gasteiger partial charge in [0, 0.05) is 37.1 Å². The van der Waals surface area contributed by atoms with Crippen molar-refractivity contribution < 1.29 is 14.4 Å². The van der Waals surface area contributed by atoms with Gasteiger partial charge in [0.25, 0.3) is 5.91 Å². The van der Waals surface area contributed by atoms with E-state index in [1.54, 1.807) is 16.7 Å². The van der Waals surface area contributed by atoms with Crippen molar-refractivity contribution in [1.82, 2.24) is 15.0 Å². The third-order valence-corrected chi connectivity index (χ3v) is 3.58. The molecule has 6 heteroatoms. The van der Waals surface area contributed by atoms with Gasteiger partial charge in [-0.05, 0) is 12.1 Å². The van der Waals surface area contributed by atoms with E-state index in [9.17, 15) is 9.90 Å². The van der Waals surface area contributed by atoms with Gasteiger partial charge in [-0.2, -0.15) is 0 Å². The van der Waals surface area contributed by atoms with Gasteiger partial charge in [0.2, 0.25) is 0 Å². The van der Waals surface area contributed by atoms with E-state index in [4.69, 9.17) is 4.52 Å². The summed E-state index contributed by atoms with van der Waals surface area (Å²) in [4.78, 5) is 12.1. The summed E-state index contributed by atoms with van der Waals surface area (Å²) in [7, 11) is 1.84. The third kappa shape index (κ3) is 3.32. The maximum absolute atomic E-state index is 12.1. The Morgan fingerprint density at radius 3 is 2.78 bits per heavy atom. The average molecular weight is 311 g/mol. The molecule has 2 N–H and O–H groups in total. The summed E-state index contributed by atoms with van der Waals surface area (Å²) >= 11 is 0. The van der Waals surface area contributed by atoms with Crippen LogP contribution in [0.4, 0.5) is 0 Å². The first-order chi connectivity index (χ1) is 11.1. The first-order valence-electron chi connectivity index (χ1n) is 7.25. The molecular weight excluding hydrogens is 294 g/mol. The van der Waals surface area contributed by atoms with Gasteiger partial charge in [-0.1, -0.05) is 35.5 Å². The van der Waals surface area contributed by atoms with Gasteiger partial charge in [-0.3, -0.25) is 4.79 Å². The van der Waals surface area contributed by atoms with Crippen molar-refractivity contribution in [2.75, 3.05) is 6.54 Å². The van der Waals surface area contributed by atoms with Crippen LogP contribution in [0.3, 0.4) is 0 Å². The SMILES string of the molecule is Cn1cccc1[C@@H](O)CNC(=O)c1cc(-c2ccccc2)on1. The van der Waals surface area contributed by atoms with Crippen LogP contribution in [0.2, 0.25) is 0 Å². The predicted molar refractivity (Wildman–Crippen MR) is 84.6 cm³/mol. The Morgan fingerprint density at radius 2 is 2.09 bits per heavy atom. The molecule has 23 heavy (non-hydrogen) atoms. The molecule has 1 amide bonds. The van der Waals surface area contributed by atoms with Gasteiger partial charge in [-0.25, -0.2) is 0 Å². The number of amides is 1. The van der Waals surface area contributed by atoms with Gasteiger partial charge in [0.1, 0.15) is 6.10 Å². The topological polar surface area (TPSA) is 80.3 Å². The summed E-state index contributed by atoms with van der Waals surface area (Å²) in [5.74, 6) is 0.142. The fourth-order valence-electron chi connectivity index (χ4n) is 2.33. The van der Waals surface area contributed by atoms with Gasteiger partial charge in [-0.15, -0.1) is 0 Å². The monoisotopic (exact) mass is 311 g/mol. The lowest BCUT2D eigenvalue weighted by molar-refractivity contribution is 0.0903. The molecule has 3 aromatic rings. The van der Waals surface area contributed by atoms with E-state index < -0.39 is 6.10 Å². The fraction of sp³-hybridized carbons (Fsp3) is 0.176. The van der Waals surface area contributed by atoms with Crippen LogP contribution in [-0.2, 0) is 7.05 Å². The Morgan fingerprint density at radius 1 is 1.30 bits per heavy atom. The number of nitrogens with one attached hydrogen (secondary N) is 1. The zero-order valence-electron chi connectivity index (χ0n) is 12.6. The second-order valence-corrected chi connectivity index (χ2v) is 5.21. The van der Waals surface area contributed by atoms with Crippen molar-refractivity contribution in [3.8, 4) is 11.3 Å². The molecule has 0 radical (unpaired) electrons. The molecule has 3 rings (SSSR count). The number of aliphatic hydroxyl groups excluding tert-OH is 1. The van der Waals surface area contributed by atoms with Crippen LogP contribution in [0.15, 0.2) is 59.3 Å². The molecule has 0 aliphatic rings. The summed E-state index contributed by atoms with van der Waals surface area (Å²) in [6.45, 7) is 0.101. The van der Waals surface area contributed by atoms with E-state index in [1.807, 2.05) is 49.6 Å². The highest BCUT2D eigenvalue weighted by atomic mass is 16.5. The van der Waals surface area contributed by atoms with Crippen LogP contribution < -0.4 is 5.32 Å². The minimum absolute atomic E-state index is 0.101. The van der Waals surface area contributed by atoms with E-state index in [0.717, 1.165) is 11.3 Å². The lowest BCUT2D eigenvalue weighted by atomic mass is 10.1. The number of benzene rings is 1. The molecule has 2 aromatic heterocycles. The first-order valence-corrected chi connectivity index (χ1v) is 7.25. The van der Waals surface area contributed by atoms with Crippen LogP contribution in [0.1, 0.15) is 22.3 Å². The van der Waals surface area contributed by atoms with E-state index in [2.05, 4.69) is 10.5 Å². The molecule has 0 fully saturated rings. The number of nitrogens with zero attached hydrogens (tertiary/aromatic N) is 2. The summed E-state index contributed by atoms with van der Waals surface area (Å²) in [5.41, 5.74) is 1.77. The number of aryl methyl sites for hydroxylation is 1. The van der Waals surface area contributed by atoms with E-state index in [1.165, 1.54) is 0 Å². The summed E-state index contributed by atoms with van der Waals surface area (Å²) < 4.78 is 7.00. The van der Waals surface area contributed by atoms with E-state index in [0.29, 0.717) is 5.76 Å². The molecule has 0 saturated carbocycles. The number of aromatic nitrogens is 2. The van der Waals surface area contributed by atoms with Gasteiger partial charge in [0.05, 0.1) is 0 Å². The summed E-state index contributed by atoms with van der Waals surface area (Å²) in [6, 6.07) is 14.6. The molecule has 1 atom stereocenters. The van der Waals surface area contributed by atoms with Crippen molar-refractivity contribution in [3.63, 3.8) is 0 Å². The molecule has 0 unspecified atom stereocenters. The molecule has 0 spiro atoms. The summed E-state index contributed by atoms with van der Waals surface area (Å²) in [6.07, 6.45) is 1.06. The Kier molecular flexibility index (Phi) is 4.25. The highest BCUT2D eigenvalue weighted by Crippen LogP contribution is 2.19. The number of hydrogen-bond acceptors (Lipinski definition) is 4. The van der Waals surface area contributed by atoms with Gasteiger partial charge < -0.3 is 19.5 Å². The van der Waals surface area contributed by atoms with Crippen LogP contribution in [0.5, 0.6) is 0 Å². The molecule has 6 nitrogen and oxygen atoms in total. The standard InChI is InChI=1S/C17H17N3O3/c1-20-9-5-8-14(20)15(21)11-18-17(22)13-10-16(23-19-13)12-6-3-2-4-7-12/h2-10,15,21H,11H2,1H3,(H,18,22)/t15-/m0/s1. The van der Waals surface area contributed by atoms with Crippen molar-refractivity contribution in [2.45, 2.75) is 6.10 Å². The normalized spacial score (nSPS) is 12.1. The molecule has 2 heterocycles. The largest absolute Gasteiger partial charge is 0.385 e. The lowest BCUT2D eigenvalue weighted by Gasteiger charge is -2.12. The number of carbonyl (C=O) groups is 1. The minimum Gasteiger partial charge on any atom is -0.385 e. The van der Waals surface area contributed by atoms with Crippen molar-refractivity contribution >= 4 is 5.91 Å². The Labute approximate surface area is 133 Å². The van der Waals surface area contributed by atoms with Crippen LogP contribution in [0, 0.1) is 0 Å². The predicted octanol–water partition coefficient (Wildman–Crippen LogP) is 2.14. The zero-order chi connectivity index (χ0) is 16.2. The number of rotatable bonds is 5. The Bertz CT molecular complexity index is 792. The third-order valence-electron chi connectivity index (χ3n) is 3.58. The van der Waals surface area contributed by atoms with E-state index >= 15 is 0 Å². The highest BCUT2D eigenvalue weighted by Gasteiger charge is 2.16. The molecule has 1 aromatic carbocycles. The quantitative estimate of drug-likeness (QED) is 0.756. The van der Waals surface area contributed by atoms with Crippen molar-refractivity contribution in [2.24, 2.45) is 7.05 Å². The maximum atomic E-state index is 12.1. The Hall–Kier alpha value is -2.86. The number of carbonyl (C=O) groups excluding carboxylic acids is 1. The van der Waals surface area contributed by atoms with Crippen molar-refractivity contribution in [1.29, 1.82) is 0 Å². The van der Waals surface area contributed by atoms with Crippen LogP contribution in [-0.4, -0.2) is 27.3 Å². The molecule has 0 bridgehead atoms. The second-order valence-electron chi connectivity index (χ2n) is 5.21. The molecule has 0 aliphatic carbocycles. The number of hydrogen-bond donors (Lipinski definition) is 2. The molecule has 0 saturated heterocycles. The highest BCUT2D eigenvalue weighted by molar-refractivity contribution is 5.93. The Balaban J connectivity index is 1.63. The first kappa shape index (κ1) is 15.1. The zero-order valence-corrected chi connectivity index (χ0v) is 12.6. The lowest BCUT2D eigenvalue weighted by Crippen LogP contribution is -2.29. The average Bonchev–Trinajstić information content (AvgIpc) is 3.22. The minimum atomic E-state index is -0.778. The molecule has 0 aliphatic heterocycles. The van der Waals surface area contributed by atoms with Gasteiger partial charge in [0.15, 0.2) is 11.5 Å². The molecular formula is C17H17N3O3. The molecule has 118 valence electrons. The van der Waals surface area contributed by atoms with Crippen LogP contribution >= 0.6 is 0 Å². The summed E-state index contributed by atoms with van der Waals surface area (Å²) in [5, 5.41) is 16.5. The van der Waals surface area contributed by atoms with Crippen LogP contribution in [0.25, 0.3) is 11.3 Å². The van der Waals surface area contributed by atoms with E-state index in [-0.39, 0.29) is 18.1 Å². The number of aliphatic hydroxyl groups is 1. The van der Waals surface area contributed by atoms with Gasteiger partial charge >= 0.3 is 0 Å². The maximum Gasteiger partial charge on any atom is 0.273 e. The van der Waals surface area contributed by atoms with Crippen molar-refractivity contribution in [3.05, 3.63) is 66.1 Å².